The summed E-state index contributed by atoms with van der Waals surface area (Å²) >= 11 is 0. The zero-order valence-corrected chi connectivity index (χ0v) is 11.7. The van der Waals surface area contributed by atoms with Crippen LogP contribution in [0.5, 0.6) is 0 Å². The van der Waals surface area contributed by atoms with Crippen LogP contribution in [-0.2, 0) is 20.0 Å². The highest BCUT2D eigenvalue weighted by Crippen LogP contribution is 2.14. The summed E-state index contributed by atoms with van der Waals surface area (Å²) in [7, 11) is 1.94. The average Bonchev–Trinajstić information content (AvgIpc) is 2.77. The first-order valence-electron chi connectivity index (χ1n) is 6.60. The number of benzene rings is 1. The fourth-order valence-electron chi connectivity index (χ4n) is 2.16. The molecule has 102 valence electrons. The molecule has 0 spiro atoms. The van der Waals surface area contributed by atoms with Gasteiger partial charge in [0.1, 0.15) is 5.82 Å². The van der Waals surface area contributed by atoms with Crippen LogP contribution < -0.4 is 5.32 Å². The molecule has 0 amide bonds. The fraction of sp³-hybridized carbons (Fsp3) is 0.400. The smallest absolute Gasteiger partial charge is 0.123 e. The Morgan fingerprint density at radius 2 is 2.00 bits per heavy atom. The van der Waals surface area contributed by atoms with Crippen LogP contribution in [0.2, 0.25) is 0 Å². The highest BCUT2D eigenvalue weighted by atomic mass is 19.1. The summed E-state index contributed by atoms with van der Waals surface area (Å²) in [6, 6.07) is 6.81. The molecule has 1 atom stereocenters. The molecule has 0 aliphatic heterocycles. The van der Waals surface area contributed by atoms with Gasteiger partial charge in [0.15, 0.2) is 0 Å². The third-order valence-electron chi connectivity index (χ3n) is 3.30. The van der Waals surface area contributed by atoms with Gasteiger partial charge in [0.05, 0.1) is 5.69 Å². The van der Waals surface area contributed by atoms with Crippen molar-refractivity contribution in [3.05, 3.63) is 53.1 Å². The number of aromatic nitrogens is 2. The van der Waals surface area contributed by atoms with Gasteiger partial charge in [-0.2, -0.15) is 5.10 Å². The molecule has 0 radical (unpaired) electrons. The lowest BCUT2D eigenvalue weighted by Gasteiger charge is -2.14. The minimum atomic E-state index is -0.198. The molecule has 1 N–H and O–H groups in total. The van der Waals surface area contributed by atoms with Crippen molar-refractivity contribution in [1.82, 2.24) is 15.1 Å². The summed E-state index contributed by atoms with van der Waals surface area (Å²) < 4.78 is 14.7. The van der Waals surface area contributed by atoms with Gasteiger partial charge >= 0.3 is 0 Å². The lowest BCUT2D eigenvalue weighted by Crippen LogP contribution is -2.18. The van der Waals surface area contributed by atoms with E-state index in [2.05, 4.69) is 24.3 Å². The number of aryl methyl sites for hydroxylation is 2. The maximum Gasteiger partial charge on any atom is 0.123 e. The predicted molar refractivity (Wildman–Crippen MR) is 74.2 cm³/mol. The molecule has 3 nitrogen and oxygen atoms in total. The van der Waals surface area contributed by atoms with Crippen LogP contribution in [0.1, 0.15) is 36.7 Å². The predicted octanol–water partition coefficient (Wildman–Crippen LogP) is 2.97. The van der Waals surface area contributed by atoms with E-state index in [4.69, 9.17) is 0 Å². The van der Waals surface area contributed by atoms with E-state index in [-0.39, 0.29) is 11.9 Å². The maximum atomic E-state index is 12.9. The Kier molecular flexibility index (Phi) is 4.32. The molecule has 1 heterocycles. The van der Waals surface area contributed by atoms with Gasteiger partial charge in [-0.1, -0.05) is 19.1 Å². The average molecular weight is 261 g/mol. The first-order valence-corrected chi connectivity index (χ1v) is 6.60. The molecule has 0 saturated heterocycles. The van der Waals surface area contributed by atoms with Crippen LogP contribution in [0.3, 0.4) is 0 Å². The van der Waals surface area contributed by atoms with E-state index in [1.807, 2.05) is 30.1 Å². The van der Waals surface area contributed by atoms with Crippen LogP contribution in [0.25, 0.3) is 0 Å². The van der Waals surface area contributed by atoms with Gasteiger partial charge in [0, 0.05) is 31.4 Å². The summed E-state index contributed by atoms with van der Waals surface area (Å²) in [5.41, 5.74) is 3.43. The SMILES string of the molecule is CCc1nn(C)cc1CNC(C)c1ccc(F)cc1. The van der Waals surface area contributed by atoms with E-state index >= 15 is 0 Å². The quantitative estimate of drug-likeness (QED) is 0.896. The zero-order chi connectivity index (χ0) is 13.8. The van der Waals surface area contributed by atoms with E-state index in [0.717, 1.165) is 24.2 Å². The number of hydrogen-bond acceptors (Lipinski definition) is 2. The molecule has 4 heteroatoms. The van der Waals surface area contributed by atoms with Crippen molar-refractivity contribution < 1.29 is 4.39 Å². The Morgan fingerprint density at radius 3 is 2.63 bits per heavy atom. The number of halogens is 1. The summed E-state index contributed by atoms with van der Waals surface area (Å²) in [6.45, 7) is 4.96. The number of rotatable bonds is 5. The third kappa shape index (κ3) is 3.41. The Hall–Kier alpha value is -1.68. The number of nitrogens with zero attached hydrogens (tertiary/aromatic N) is 2. The third-order valence-corrected chi connectivity index (χ3v) is 3.30. The summed E-state index contributed by atoms with van der Waals surface area (Å²) in [6.07, 6.45) is 2.98. The first kappa shape index (κ1) is 13.7. The maximum absolute atomic E-state index is 12.9. The molecular weight excluding hydrogens is 241 g/mol. The number of hydrogen-bond donors (Lipinski definition) is 1. The van der Waals surface area contributed by atoms with Crippen molar-refractivity contribution >= 4 is 0 Å². The summed E-state index contributed by atoms with van der Waals surface area (Å²) in [5.74, 6) is -0.198. The topological polar surface area (TPSA) is 29.9 Å². The molecule has 0 bridgehead atoms. The van der Waals surface area contributed by atoms with E-state index in [0.29, 0.717) is 0 Å². The van der Waals surface area contributed by atoms with E-state index in [1.165, 1.54) is 17.7 Å². The van der Waals surface area contributed by atoms with Crippen molar-refractivity contribution in [2.75, 3.05) is 0 Å². The standard InChI is InChI=1S/C15H20FN3/c1-4-15-13(10-19(3)18-15)9-17-11(2)12-5-7-14(16)8-6-12/h5-8,10-11,17H,4,9H2,1-3H3. The van der Waals surface area contributed by atoms with Gasteiger partial charge in [0.25, 0.3) is 0 Å². The van der Waals surface area contributed by atoms with Crippen LogP contribution in [0, 0.1) is 5.82 Å². The molecule has 2 rings (SSSR count). The molecule has 1 aromatic carbocycles. The molecule has 0 fully saturated rings. The molecule has 2 aromatic rings. The lowest BCUT2D eigenvalue weighted by atomic mass is 10.1. The van der Waals surface area contributed by atoms with E-state index in [1.54, 1.807) is 0 Å². The van der Waals surface area contributed by atoms with Crippen LogP contribution in [0.4, 0.5) is 4.39 Å². The summed E-state index contributed by atoms with van der Waals surface area (Å²) in [4.78, 5) is 0. The van der Waals surface area contributed by atoms with Crippen molar-refractivity contribution in [3.8, 4) is 0 Å². The van der Waals surface area contributed by atoms with Crippen molar-refractivity contribution in [1.29, 1.82) is 0 Å². The lowest BCUT2D eigenvalue weighted by molar-refractivity contribution is 0.569. The van der Waals surface area contributed by atoms with Crippen LogP contribution in [-0.4, -0.2) is 9.78 Å². The Labute approximate surface area is 113 Å². The highest BCUT2D eigenvalue weighted by Gasteiger charge is 2.09. The van der Waals surface area contributed by atoms with E-state index < -0.39 is 0 Å². The van der Waals surface area contributed by atoms with Gasteiger partial charge in [0.2, 0.25) is 0 Å². The van der Waals surface area contributed by atoms with Gasteiger partial charge in [-0.05, 0) is 31.0 Å². The normalized spacial score (nSPS) is 12.6. The molecule has 19 heavy (non-hydrogen) atoms. The van der Waals surface area contributed by atoms with Crippen molar-refractivity contribution in [2.45, 2.75) is 32.9 Å². The summed E-state index contributed by atoms with van der Waals surface area (Å²) in [5, 5.41) is 7.87. The second-order valence-corrected chi connectivity index (χ2v) is 4.78. The molecular formula is C15H20FN3. The van der Waals surface area contributed by atoms with Gasteiger partial charge in [-0.25, -0.2) is 4.39 Å². The largest absolute Gasteiger partial charge is 0.306 e. The first-order chi connectivity index (χ1) is 9.10. The minimum Gasteiger partial charge on any atom is -0.306 e. The van der Waals surface area contributed by atoms with Gasteiger partial charge in [-0.3, -0.25) is 4.68 Å². The van der Waals surface area contributed by atoms with Crippen molar-refractivity contribution in [3.63, 3.8) is 0 Å². The van der Waals surface area contributed by atoms with Gasteiger partial charge in [-0.15, -0.1) is 0 Å². The second kappa shape index (κ2) is 5.97. The van der Waals surface area contributed by atoms with Crippen molar-refractivity contribution in [2.24, 2.45) is 7.05 Å². The molecule has 1 aromatic heterocycles. The highest BCUT2D eigenvalue weighted by molar-refractivity contribution is 5.21. The van der Waals surface area contributed by atoms with Gasteiger partial charge < -0.3 is 5.32 Å². The zero-order valence-electron chi connectivity index (χ0n) is 11.7. The monoisotopic (exact) mass is 261 g/mol. The number of nitrogens with one attached hydrogen (secondary N) is 1. The Morgan fingerprint density at radius 1 is 1.32 bits per heavy atom. The molecule has 0 saturated carbocycles. The molecule has 0 aliphatic rings. The molecule has 1 unspecified atom stereocenters. The minimum absolute atomic E-state index is 0.186. The van der Waals surface area contributed by atoms with Crippen LogP contribution in [0.15, 0.2) is 30.5 Å². The Bertz CT molecular complexity index is 531. The molecule has 0 aliphatic carbocycles. The second-order valence-electron chi connectivity index (χ2n) is 4.78. The van der Waals surface area contributed by atoms with Crippen LogP contribution >= 0.6 is 0 Å². The fourth-order valence-corrected chi connectivity index (χ4v) is 2.16. The Balaban J connectivity index is 1.99. The van der Waals surface area contributed by atoms with E-state index in [9.17, 15) is 4.39 Å².